The molecule has 20 heavy (non-hydrogen) atoms. The van der Waals surface area contributed by atoms with E-state index < -0.39 is 18.0 Å². The van der Waals surface area contributed by atoms with Crippen molar-refractivity contribution in [2.24, 2.45) is 0 Å². The number of aromatic nitrogens is 1. The van der Waals surface area contributed by atoms with Gasteiger partial charge in [0.1, 0.15) is 6.04 Å². The van der Waals surface area contributed by atoms with Gasteiger partial charge in [0.05, 0.1) is 5.69 Å². The van der Waals surface area contributed by atoms with Gasteiger partial charge in [-0.05, 0) is 31.8 Å². The highest BCUT2D eigenvalue weighted by Gasteiger charge is 2.20. The number of anilines is 1. The van der Waals surface area contributed by atoms with Gasteiger partial charge in [-0.25, -0.2) is 14.6 Å². The molecule has 0 aliphatic heterocycles. The van der Waals surface area contributed by atoms with Crippen LogP contribution in [0.1, 0.15) is 23.9 Å². The number of thioether (sulfide) groups is 1. The zero-order valence-electron chi connectivity index (χ0n) is 11.7. The molecule has 1 rings (SSSR count). The molecule has 8 heteroatoms. The van der Waals surface area contributed by atoms with Crippen LogP contribution in [-0.2, 0) is 11.2 Å². The van der Waals surface area contributed by atoms with Crippen LogP contribution >= 0.6 is 23.1 Å². The van der Waals surface area contributed by atoms with E-state index in [2.05, 4.69) is 15.6 Å². The molecule has 3 N–H and O–H groups in total. The van der Waals surface area contributed by atoms with Crippen molar-refractivity contribution in [3.05, 3.63) is 10.6 Å². The minimum absolute atomic E-state index is 0.390. The summed E-state index contributed by atoms with van der Waals surface area (Å²) < 4.78 is 0. The Morgan fingerprint density at radius 3 is 2.70 bits per heavy atom. The van der Waals surface area contributed by atoms with Gasteiger partial charge < -0.3 is 10.4 Å². The topological polar surface area (TPSA) is 91.3 Å². The zero-order chi connectivity index (χ0) is 15.1. The van der Waals surface area contributed by atoms with Crippen LogP contribution in [0.3, 0.4) is 0 Å². The average molecular weight is 317 g/mol. The minimum Gasteiger partial charge on any atom is -0.480 e. The van der Waals surface area contributed by atoms with Gasteiger partial charge in [-0.1, -0.05) is 6.92 Å². The van der Waals surface area contributed by atoms with Gasteiger partial charge in [0.25, 0.3) is 0 Å². The molecular weight excluding hydrogens is 298 g/mol. The predicted molar refractivity (Wildman–Crippen MR) is 82.8 cm³/mol. The summed E-state index contributed by atoms with van der Waals surface area (Å²) in [5.41, 5.74) is 0.947. The summed E-state index contributed by atoms with van der Waals surface area (Å²) in [5, 5.41) is 14.6. The second-order valence-electron chi connectivity index (χ2n) is 4.15. The number of carbonyl (C=O) groups excluding carboxylic acids is 1. The number of rotatable bonds is 7. The first kappa shape index (κ1) is 16.8. The molecule has 0 bridgehead atoms. The lowest BCUT2D eigenvalue weighted by Crippen LogP contribution is -2.43. The summed E-state index contributed by atoms with van der Waals surface area (Å²) in [6.07, 6.45) is 3.09. The van der Waals surface area contributed by atoms with Crippen LogP contribution in [-0.4, -0.2) is 40.1 Å². The van der Waals surface area contributed by atoms with Crippen molar-refractivity contribution < 1.29 is 14.7 Å². The molecule has 0 fully saturated rings. The van der Waals surface area contributed by atoms with Crippen molar-refractivity contribution in [1.82, 2.24) is 10.3 Å². The molecule has 1 aromatic rings. The number of thiazole rings is 1. The Morgan fingerprint density at radius 1 is 1.50 bits per heavy atom. The number of nitrogens with one attached hydrogen (secondary N) is 2. The normalized spacial score (nSPS) is 11.9. The number of carboxylic acid groups (broad SMARTS) is 1. The number of hydrogen-bond donors (Lipinski definition) is 3. The van der Waals surface area contributed by atoms with Crippen LogP contribution in [0.4, 0.5) is 9.93 Å². The quantitative estimate of drug-likeness (QED) is 0.718. The summed E-state index contributed by atoms with van der Waals surface area (Å²) in [4.78, 5) is 28.1. The van der Waals surface area contributed by atoms with Gasteiger partial charge in [-0.15, -0.1) is 11.3 Å². The Morgan fingerprint density at radius 2 is 2.20 bits per heavy atom. The van der Waals surface area contributed by atoms with Gasteiger partial charge in [0.15, 0.2) is 5.13 Å². The van der Waals surface area contributed by atoms with Crippen molar-refractivity contribution in [2.75, 3.05) is 17.3 Å². The average Bonchev–Trinajstić information content (AvgIpc) is 2.74. The standard InChI is InChI=1S/C12H19N3O3S2/c1-4-8-7(2)20-12(14-8)15-11(18)13-9(10(16)17)5-6-19-3/h9H,4-6H2,1-3H3,(H,16,17)(H2,13,14,15,18)/t9-/m1/s1. The lowest BCUT2D eigenvalue weighted by molar-refractivity contribution is -0.139. The van der Waals surface area contributed by atoms with Crippen molar-refractivity contribution in [1.29, 1.82) is 0 Å². The number of aryl methyl sites for hydroxylation is 2. The summed E-state index contributed by atoms with van der Waals surface area (Å²) >= 11 is 2.93. The Kier molecular flexibility index (Phi) is 6.80. The van der Waals surface area contributed by atoms with Crippen LogP contribution in [0, 0.1) is 6.92 Å². The lowest BCUT2D eigenvalue weighted by Gasteiger charge is -2.13. The van der Waals surface area contributed by atoms with E-state index in [0.717, 1.165) is 17.0 Å². The molecule has 1 aromatic heterocycles. The lowest BCUT2D eigenvalue weighted by atomic mass is 10.2. The van der Waals surface area contributed by atoms with E-state index in [1.165, 1.54) is 11.3 Å². The van der Waals surface area contributed by atoms with Crippen molar-refractivity contribution in [3.8, 4) is 0 Å². The van der Waals surface area contributed by atoms with E-state index in [1.807, 2.05) is 20.1 Å². The molecule has 0 aromatic carbocycles. The Hall–Kier alpha value is -1.28. The number of carbonyl (C=O) groups is 2. The third-order valence-corrected chi connectivity index (χ3v) is 4.23. The summed E-state index contributed by atoms with van der Waals surface area (Å²) in [6, 6.07) is -1.41. The van der Waals surface area contributed by atoms with E-state index in [-0.39, 0.29) is 0 Å². The number of amides is 2. The van der Waals surface area contributed by atoms with Crippen LogP contribution in [0.15, 0.2) is 0 Å². The molecule has 1 heterocycles. The first-order chi connectivity index (χ1) is 9.47. The van der Waals surface area contributed by atoms with Crippen LogP contribution in [0.2, 0.25) is 0 Å². The van der Waals surface area contributed by atoms with E-state index in [0.29, 0.717) is 17.3 Å². The zero-order valence-corrected chi connectivity index (χ0v) is 13.4. The van der Waals surface area contributed by atoms with E-state index in [9.17, 15) is 9.59 Å². The van der Waals surface area contributed by atoms with E-state index >= 15 is 0 Å². The summed E-state index contributed by atoms with van der Waals surface area (Å²) in [5.74, 6) is -0.355. The fourth-order valence-electron chi connectivity index (χ4n) is 1.59. The van der Waals surface area contributed by atoms with Gasteiger partial charge in [0.2, 0.25) is 0 Å². The summed E-state index contributed by atoms with van der Waals surface area (Å²) in [7, 11) is 0. The van der Waals surface area contributed by atoms with Gasteiger partial charge in [-0.3, -0.25) is 5.32 Å². The second-order valence-corrected chi connectivity index (χ2v) is 6.34. The molecule has 0 aliphatic rings. The first-order valence-electron chi connectivity index (χ1n) is 6.23. The monoisotopic (exact) mass is 317 g/mol. The Balaban J connectivity index is 2.58. The number of carboxylic acids is 1. The van der Waals surface area contributed by atoms with Gasteiger partial charge in [-0.2, -0.15) is 11.8 Å². The van der Waals surface area contributed by atoms with Gasteiger partial charge in [0, 0.05) is 4.88 Å². The second kappa shape index (κ2) is 8.11. The highest BCUT2D eigenvalue weighted by Crippen LogP contribution is 2.22. The molecule has 2 amide bonds. The fourth-order valence-corrected chi connectivity index (χ4v) is 2.96. The van der Waals surface area contributed by atoms with Crippen molar-refractivity contribution in [2.45, 2.75) is 32.7 Å². The molecule has 0 saturated carbocycles. The number of aliphatic carboxylic acids is 1. The number of hydrogen-bond acceptors (Lipinski definition) is 5. The van der Waals surface area contributed by atoms with Crippen molar-refractivity contribution >= 4 is 40.2 Å². The summed E-state index contributed by atoms with van der Waals surface area (Å²) in [6.45, 7) is 3.94. The molecule has 0 radical (unpaired) electrons. The third-order valence-electron chi connectivity index (χ3n) is 2.66. The van der Waals surface area contributed by atoms with E-state index in [4.69, 9.17) is 5.11 Å². The molecule has 0 unspecified atom stereocenters. The highest BCUT2D eigenvalue weighted by atomic mass is 32.2. The SMILES string of the molecule is CCc1nc(NC(=O)N[C@H](CCSC)C(=O)O)sc1C. The fraction of sp³-hybridized carbons (Fsp3) is 0.583. The third kappa shape index (κ3) is 5.01. The maximum absolute atomic E-state index is 11.8. The minimum atomic E-state index is -1.03. The molecule has 6 nitrogen and oxygen atoms in total. The Labute approximate surface area is 126 Å². The first-order valence-corrected chi connectivity index (χ1v) is 8.44. The van der Waals surface area contributed by atoms with E-state index in [1.54, 1.807) is 11.8 Å². The smallest absolute Gasteiger partial charge is 0.326 e. The largest absolute Gasteiger partial charge is 0.480 e. The molecular formula is C12H19N3O3S2. The molecule has 112 valence electrons. The molecule has 0 spiro atoms. The molecule has 1 atom stereocenters. The number of urea groups is 1. The predicted octanol–water partition coefficient (Wildman–Crippen LogP) is 2.34. The maximum Gasteiger partial charge on any atom is 0.326 e. The maximum atomic E-state index is 11.8. The molecule has 0 aliphatic carbocycles. The number of nitrogens with zero attached hydrogens (tertiary/aromatic N) is 1. The van der Waals surface area contributed by atoms with Crippen LogP contribution < -0.4 is 10.6 Å². The van der Waals surface area contributed by atoms with Gasteiger partial charge >= 0.3 is 12.0 Å². The Bertz CT molecular complexity index is 477. The van der Waals surface area contributed by atoms with Crippen LogP contribution in [0.25, 0.3) is 0 Å². The van der Waals surface area contributed by atoms with Crippen LogP contribution in [0.5, 0.6) is 0 Å². The highest BCUT2D eigenvalue weighted by molar-refractivity contribution is 7.98. The van der Waals surface area contributed by atoms with Crippen molar-refractivity contribution in [3.63, 3.8) is 0 Å². The molecule has 0 saturated heterocycles.